The van der Waals surface area contributed by atoms with Gasteiger partial charge in [-0.1, -0.05) is 18.8 Å². The predicted octanol–water partition coefficient (Wildman–Crippen LogP) is 6.18. The fourth-order valence-corrected chi connectivity index (χ4v) is 5.98. The zero-order chi connectivity index (χ0) is 26.6. The molecule has 1 N–H and O–H groups in total. The maximum absolute atomic E-state index is 14.0. The number of carbonyl (C=O) groups is 2. The molecule has 1 amide bonds. The summed E-state index contributed by atoms with van der Waals surface area (Å²) in [6, 6.07) is 3.85. The number of rotatable bonds is 6. The van der Waals surface area contributed by atoms with Gasteiger partial charge in [0.2, 0.25) is 5.91 Å². The van der Waals surface area contributed by atoms with Crippen molar-refractivity contribution in [2.75, 3.05) is 4.90 Å². The van der Waals surface area contributed by atoms with Crippen molar-refractivity contribution in [1.29, 1.82) is 0 Å². The third-order valence-corrected chi connectivity index (χ3v) is 8.18. The van der Waals surface area contributed by atoms with Crippen LogP contribution in [0.1, 0.15) is 93.6 Å². The van der Waals surface area contributed by atoms with Crippen molar-refractivity contribution in [3.05, 3.63) is 34.3 Å². The number of amides is 1. The Kier molecular flexibility index (Phi) is 8.53. The molecular formula is C29H37N3O4S. The second-order valence-corrected chi connectivity index (χ2v) is 12.4. The molecule has 0 bridgehead atoms. The lowest BCUT2D eigenvalue weighted by Crippen LogP contribution is -2.47. The Labute approximate surface area is 223 Å². The Balaban J connectivity index is 1.61. The number of anilines is 1. The number of carboxylic acid groups (broad SMARTS) is 1. The highest BCUT2D eigenvalue weighted by molar-refractivity contribution is 7.15. The Morgan fingerprint density at radius 1 is 1.05 bits per heavy atom. The minimum Gasteiger partial charge on any atom is -0.477 e. The molecule has 0 radical (unpaired) electrons. The lowest BCUT2D eigenvalue weighted by Gasteiger charge is -2.39. The number of aromatic carboxylic acids is 1. The number of aromatic nitrogens is 2. The van der Waals surface area contributed by atoms with Gasteiger partial charge in [-0.25, -0.2) is 14.8 Å². The molecule has 7 nitrogen and oxygen atoms in total. The van der Waals surface area contributed by atoms with Crippen molar-refractivity contribution < 1.29 is 19.4 Å². The summed E-state index contributed by atoms with van der Waals surface area (Å²) in [5.41, 5.74) is 0.290. The largest absolute Gasteiger partial charge is 0.477 e. The molecule has 0 aromatic carbocycles. The van der Waals surface area contributed by atoms with E-state index in [9.17, 15) is 14.7 Å². The Morgan fingerprint density at radius 2 is 1.70 bits per heavy atom. The Morgan fingerprint density at radius 3 is 2.30 bits per heavy atom. The number of hydrogen-bond acceptors (Lipinski definition) is 6. The van der Waals surface area contributed by atoms with Crippen molar-refractivity contribution in [3.63, 3.8) is 0 Å². The smallest absolute Gasteiger partial charge is 0.348 e. The summed E-state index contributed by atoms with van der Waals surface area (Å²) in [4.78, 5) is 37.3. The van der Waals surface area contributed by atoms with Gasteiger partial charge in [0, 0.05) is 29.8 Å². The minimum atomic E-state index is -1.02. The molecule has 2 aromatic rings. The van der Waals surface area contributed by atoms with E-state index in [-0.39, 0.29) is 34.3 Å². The summed E-state index contributed by atoms with van der Waals surface area (Å²) in [5.74, 6) is 5.94. The molecule has 37 heavy (non-hydrogen) atoms. The van der Waals surface area contributed by atoms with Gasteiger partial charge in [-0.15, -0.1) is 11.3 Å². The van der Waals surface area contributed by atoms with Crippen molar-refractivity contribution in [2.45, 2.75) is 91.2 Å². The summed E-state index contributed by atoms with van der Waals surface area (Å²) in [6.07, 6.45) is 9.99. The van der Waals surface area contributed by atoms with Crippen LogP contribution < -0.4 is 9.64 Å². The third-order valence-electron chi connectivity index (χ3n) is 7.15. The lowest BCUT2D eigenvalue weighted by atomic mass is 9.81. The van der Waals surface area contributed by atoms with Crippen LogP contribution in [0.5, 0.6) is 6.01 Å². The van der Waals surface area contributed by atoms with Gasteiger partial charge in [0.1, 0.15) is 11.0 Å². The number of carbonyl (C=O) groups excluding carboxylic acids is 1. The molecule has 0 spiro atoms. The molecule has 2 fully saturated rings. The van der Waals surface area contributed by atoms with Gasteiger partial charge in [0.25, 0.3) is 0 Å². The maximum Gasteiger partial charge on any atom is 0.348 e. The molecular weight excluding hydrogens is 486 g/mol. The van der Waals surface area contributed by atoms with Gasteiger partial charge in [-0.05, 0) is 90.2 Å². The molecule has 8 heteroatoms. The molecule has 2 aromatic heterocycles. The lowest BCUT2D eigenvalue weighted by molar-refractivity contribution is -0.124. The molecule has 2 heterocycles. The zero-order valence-corrected chi connectivity index (χ0v) is 23.0. The topological polar surface area (TPSA) is 92.6 Å². The van der Waals surface area contributed by atoms with Crippen LogP contribution in [-0.4, -0.2) is 39.1 Å². The SMILES string of the molecule is CC1CCC(C(=O)N(c2cc(C#CC(C)(C)C)sc2C(=O)O)[C@H]2CC[C@H](Oc3ncccn3)CC2)CC1. The first-order valence-electron chi connectivity index (χ1n) is 13.3. The van der Waals surface area contributed by atoms with E-state index in [0.717, 1.165) is 62.7 Å². The molecule has 0 atom stereocenters. The molecule has 0 saturated heterocycles. The summed E-state index contributed by atoms with van der Waals surface area (Å²) in [7, 11) is 0. The van der Waals surface area contributed by atoms with Crippen molar-refractivity contribution in [1.82, 2.24) is 9.97 Å². The van der Waals surface area contributed by atoms with Crippen molar-refractivity contribution in [3.8, 4) is 17.9 Å². The van der Waals surface area contributed by atoms with Crippen LogP contribution in [0.15, 0.2) is 24.5 Å². The summed E-state index contributed by atoms with van der Waals surface area (Å²) < 4.78 is 5.97. The average Bonchev–Trinajstić information content (AvgIpc) is 3.29. The van der Waals surface area contributed by atoms with Crippen molar-refractivity contribution in [2.24, 2.45) is 17.3 Å². The number of hydrogen-bond donors (Lipinski definition) is 1. The van der Waals surface area contributed by atoms with Crippen LogP contribution in [-0.2, 0) is 4.79 Å². The van der Waals surface area contributed by atoms with Gasteiger partial charge in [-0.3, -0.25) is 4.79 Å². The molecule has 0 unspecified atom stereocenters. The standard InChI is InChI=1S/C29H37N3O4S/c1-19-6-8-20(9-7-19)26(33)32(21-10-12-22(13-11-21)36-28-30-16-5-17-31-28)24-18-23(14-15-29(2,3)4)37-25(24)27(34)35/h5,16-22H,6-13H2,1-4H3,(H,34,35)/t19?,20?,21-,22-. The van der Waals surface area contributed by atoms with Gasteiger partial charge < -0.3 is 14.7 Å². The first-order chi connectivity index (χ1) is 17.6. The summed E-state index contributed by atoms with van der Waals surface area (Å²) in [5, 5.41) is 10.1. The average molecular weight is 524 g/mol. The Hall–Kier alpha value is -2.92. The maximum atomic E-state index is 14.0. The first kappa shape index (κ1) is 27.1. The van der Waals surface area contributed by atoms with E-state index in [0.29, 0.717) is 22.5 Å². The van der Waals surface area contributed by atoms with Crippen molar-refractivity contribution >= 4 is 28.9 Å². The monoisotopic (exact) mass is 523 g/mol. The normalized spacial score (nSPS) is 24.0. The van der Waals surface area contributed by atoms with E-state index in [1.807, 2.05) is 31.7 Å². The molecule has 0 aliphatic heterocycles. The van der Waals surface area contributed by atoms with E-state index in [1.165, 1.54) is 0 Å². The van der Waals surface area contributed by atoms with Crippen LogP contribution in [0.4, 0.5) is 5.69 Å². The second-order valence-electron chi connectivity index (χ2n) is 11.4. The highest BCUT2D eigenvalue weighted by Gasteiger charge is 2.38. The van der Waals surface area contributed by atoms with Crippen LogP contribution in [0.3, 0.4) is 0 Å². The third kappa shape index (κ3) is 7.10. The molecule has 4 rings (SSSR count). The summed E-state index contributed by atoms with van der Waals surface area (Å²) >= 11 is 1.16. The number of carboxylic acids is 1. The highest BCUT2D eigenvalue weighted by Crippen LogP contribution is 2.39. The first-order valence-corrected chi connectivity index (χ1v) is 14.1. The molecule has 2 aliphatic rings. The van der Waals surface area contributed by atoms with Gasteiger partial charge in [-0.2, -0.15) is 0 Å². The van der Waals surface area contributed by atoms with Crippen LogP contribution >= 0.6 is 11.3 Å². The van der Waals surface area contributed by atoms with E-state index in [2.05, 4.69) is 28.7 Å². The van der Waals surface area contributed by atoms with Crippen LogP contribution in [0.2, 0.25) is 0 Å². The van der Waals surface area contributed by atoms with Crippen LogP contribution in [0, 0.1) is 29.1 Å². The number of thiophene rings is 1. The fourth-order valence-electron chi connectivity index (χ4n) is 5.14. The van der Waals surface area contributed by atoms with E-state index < -0.39 is 5.97 Å². The minimum absolute atomic E-state index is 0.0271. The predicted molar refractivity (Wildman–Crippen MR) is 145 cm³/mol. The molecule has 198 valence electrons. The van der Waals surface area contributed by atoms with E-state index >= 15 is 0 Å². The van der Waals surface area contributed by atoms with Gasteiger partial charge in [0.15, 0.2) is 0 Å². The Bertz CT molecular complexity index is 1150. The fraction of sp³-hybridized carbons (Fsp3) is 0.586. The van der Waals surface area contributed by atoms with Crippen LogP contribution in [0.25, 0.3) is 0 Å². The zero-order valence-electron chi connectivity index (χ0n) is 22.2. The highest BCUT2D eigenvalue weighted by atomic mass is 32.1. The second kappa shape index (κ2) is 11.6. The summed E-state index contributed by atoms with van der Waals surface area (Å²) in [6.45, 7) is 8.30. The number of ether oxygens (including phenoxy) is 1. The van der Waals surface area contributed by atoms with E-state index in [1.54, 1.807) is 18.5 Å². The molecule has 2 saturated carbocycles. The molecule has 2 aliphatic carbocycles. The van der Waals surface area contributed by atoms with Gasteiger partial charge in [0.05, 0.1) is 10.6 Å². The quantitative estimate of drug-likeness (QED) is 0.454. The number of nitrogens with zero attached hydrogens (tertiary/aromatic N) is 3. The van der Waals surface area contributed by atoms with Gasteiger partial charge >= 0.3 is 12.0 Å². The van der Waals surface area contributed by atoms with E-state index in [4.69, 9.17) is 4.74 Å².